The van der Waals surface area contributed by atoms with Crippen LogP contribution in [-0.2, 0) is 5.41 Å². The van der Waals surface area contributed by atoms with Crippen LogP contribution >= 0.6 is 0 Å². The fourth-order valence-electron chi connectivity index (χ4n) is 2.79. The van der Waals surface area contributed by atoms with Crippen molar-refractivity contribution in [1.82, 2.24) is 0 Å². The first-order valence-corrected chi connectivity index (χ1v) is 9.25. The molecule has 0 fully saturated rings. The second-order valence-electron chi connectivity index (χ2n) is 7.90. The van der Waals surface area contributed by atoms with Gasteiger partial charge in [0.1, 0.15) is 5.75 Å². The second kappa shape index (κ2) is 7.83. The van der Waals surface area contributed by atoms with E-state index in [-0.39, 0.29) is 22.8 Å². The summed E-state index contributed by atoms with van der Waals surface area (Å²) in [4.78, 5) is 25.0. The van der Waals surface area contributed by atoms with Crippen LogP contribution < -0.4 is 10.6 Å². The third kappa shape index (κ3) is 4.66. The number of benzene rings is 2. The van der Waals surface area contributed by atoms with E-state index in [2.05, 4.69) is 31.4 Å². The van der Waals surface area contributed by atoms with Crippen LogP contribution in [0.15, 0.2) is 59.2 Å². The zero-order chi connectivity index (χ0) is 21.2. The van der Waals surface area contributed by atoms with E-state index in [0.29, 0.717) is 16.9 Å². The normalized spacial score (nSPS) is 11.2. The maximum atomic E-state index is 12.8. The van der Waals surface area contributed by atoms with E-state index in [4.69, 9.17) is 4.42 Å². The van der Waals surface area contributed by atoms with Gasteiger partial charge in [-0.05, 0) is 59.9 Å². The number of rotatable bonds is 4. The fourth-order valence-corrected chi connectivity index (χ4v) is 2.79. The highest BCUT2D eigenvalue weighted by Crippen LogP contribution is 2.31. The molecule has 0 spiro atoms. The molecule has 0 saturated heterocycles. The summed E-state index contributed by atoms with van der Waals surface area (Å²) in [6.07, 6.45) is 1.42. The van der Waals surface area contributed by atoms with Crippen molar-refractivity contribution in [1.29, 1.82) is 0 Å². The summed E-state index contributed by atoms with van der Waals surface area (Å²) in [5.74, 6) is -0.612. The van der Waals surface area contributed by atoms with E-state index in [0.717, 1.165) is 11.1 Å². The Labute approximate surface area is 169 Å². The minimum atomic E-state index is -0.397. The van der Waals surface area contributed by atoms with Crippen molar-refractivity contribution in [2.75, 3.05) is 10.6 Å². The number of anilines is 2. The predicted molar refractivity (Wildman–Crippen MR) is 113 cm³/mol. The molecule has 0 aliphatic heterocycles. The Hall–Kier alpha value is -3.54. The van der Waals surface area contributed by atoms with E-state index >= 15 is 0 Å². The molecule has 1 aromatic heterocycles. The van der Waals surface area contributed by atoms with Crippen LogP contribution in [0.1, 0.15) is 52.8 Å². The summed E-state index contributed by atoms with van der Waals surface area (Å²) < 4.78 is 5.10. The van der Waals surface area contributed by atoms with Gasteiger partial charge in [-0.3, -0.25) is 9.59 Å². The molecule has 3 N–H and O–H groups in total. The number of carbonyl (C=O) groups excluding carboxylic acids is 2. The van der Waals surface area contributed by atoms with Gasteiger partial charge in [0.05, 0.1) is 12.0 Å². The van der Waals surface area contributed by atoms with Gasteiger partial charge in [-0.2, -0.15) is 0 Å². The van der Waals surface area contributed by atoms with Crippen molar-refractivity contribution < 1.29 is 19.1 Å². The van der Waals surface area contributed by atoms with Crippen LogP contribution in [0.3, 0.4) is 0 Å². The molecule has 0 saturated carbocycles. The van der Waals surface area contributed by atoms with E-state index in [1.807, 2.05) is 13.0 Å². The first-order valence-electron chi connectivity index (χ1n) is 9.25. The van der Waals surface area contributed by atoms with Crippen LogP contribution in [0, 0.1) is 6.92 Å². The number of aromatic hydroxyl groups is 1. The zero-order valence-corrected chi connectivity index (χ0v) is 16.9. The molecule has 0 aliphatic carbocycles. The number of hydrogen-bond donors (Lipinski definition) is 3. The number of hydrogen-bond acceptors (Lipinski definition) is 4. The maximum absolute atomic E-state index is 12.8. The predicted octanol–water partition coefficient (Wildman–Crippen LogP) is 5.10. The number of carbonyl (C=O) groups is 2. The lowest BCUT2D eigenvalue weighted by Crippen LogP contribution is -2.16. The van der Waals surface area contributed by atoms with Crippen LogP contribution in [0.5, 0.6) is 5.75 Å². The molecule has 0 unspecified atom stereocenters. The molecule has 2 amide bonds. The van der Waals surface area contributed by atoms with Gasteiger partial charge >= 0.3 is 0 Å². The summed E-state index contributed by atoms with van der Waals surface area (Å²) in [6, 6.07) is 13.4. The number of aryl methyl sites for hydroxylation is 1. The molecule has 150 valence electrons. The zero-order valence-electron chi connectivity index (χ0n) is 16.9. The number of phenols is 1. The molecule has 0 atom stereocenters. The number of amides is 2. The Morgan fingerprint density at radius 1 is 0.931 bits per heavy atom. The van der Waals surface area contributed by atoms with E-state index < -0.39 is 5.91 Å². The monoisotopic (exact) mass is 392 g/mol. The van der Waals surface area contributed by atoms with Gasteiger partial charge in [0.15, 0.2) is 5.76 Å². The highest BCUT2D eigenvalue weighted by atomic mass is 16.3. The quantitative estimate of drug-likeness (QED) is 0.539. The summed E-state index contributed by atoms with van der Waals surface area (Å²) in [7, 11) is 0. The SMILES string of the molecule is Cc1ccc(C(=O)Nc2cc(C(C)(C)C)ccc2O)cc1NC(=O)c1ccco1. The number of phenolic OH excluding ortho intramolecular Hbond substituents is 1. The van der Waals surface area contributed by atoms with E-state index in [1.165, 1.54) is 6.26 Å². The van der Waals surface area contributed by atoms with E-state index in [9.17, 15) is 14.7 Å². The van der Waals surface area contributed by atoms with Crippen LogP contribution in [0.2, 0.25) is 0 Å². The van der Waals surface area contributed by atoms with Gasteiger partial charge in [-0.25, -0.2) is 0 Å². The van der Waals surface area contributed by atoms with Gasteiger partial charge in [0.2, 0.25) is 0 Å². The smallest absolute Gasteiger partial charge is 0.291 e. The minimum absolute atomic E-state index is 0.00944. The first kappa shape index (κ1) is 20.2. The van der Waals surface area contributed by atoms with Gasteiger partial charge in [0, 0.05) is 11.3 Å². The van der Waals surface area contributed by atoms with Crippen LogP contribution in [0.25, 0.3) is 0 Å². The average molecular weight is 392 g/mol. The molecule has 6 nitrogen and oxygen atoms in total. The summed E-state index contributed by atoms with van der Waals surface area (Å²) in [6.45, 7) is 7.99. The van der Waals surface area contributed by atoms with Gasteiger partial charge < -0.3 is 20.2 Å². The highest BCUT2D eigenvalue weighted by molar-refractivity contribution is 6.07. The lowest BCUT2D eigenvalue weighted by atomic mass is 9.87. The lowest BCUT2D eigenvalue weighted by molar-refractivity contribution is 0.0993. The topological polar surface area (TPSA) is 91.6 Å². The molecule has 3 rings (SSSR count). The molecule has 2 aromatic carbocycles. The minimum Gasteiger partial charge on any atom is -0.506 e. The van der Waals surface area contributed by atoms with Crippen molar-refractivity contribution in [3.05, 3.63) is 77.2 Å². The van der Waals surface area contributed by atoms with Crippen molar-refractivity contribution in [3.63, 3.8) is 0 Å². The Morgan fingerprint density at radius 2 is 1.66 bits per heavy atom. The maximum Gasteiger partial charge on any atom is 0.291 e. The molecule has 6 heteroatoms. The van der Waals surface area contributed by atoms with Crippen LogP contribution in [0.4, 0.5) is 11.4 Å². The van der Waals surface area contributed by atoms with Gasteiger partial charge in [-0.1, -0.05) is 32.9 Å². The fraction of sp³-hybridized carbons (Fsp3) is 0.217. The van der Waals surface area contributed by atoms with Gasteiger partial charge in [-0.15, -0.1) is 0 Å². The largest absolute Gasteiger partial charge is 0.506 e. The molecule has 3 aromatic rings. The van der Waals surface area contributed by atoms with Gasteiger partial charge in [0.25, 0.3) is 11.8 Å². The van der Waals surface area contributed by atoms with Crippen molar-refractivity contribution in [2.24, 2.45) is 0 Å². The Morgan fingerprint density at radius 3 is 2.31 bits per heavy atom. The van der Waals surface area contributed by atoms with Crippen molar-refractivity contribution in [3.8, 4) is 5.75 Å². The Bertz CT molecular complexity index is 1050. The highest BCUT2D eigenvalue weighted by Gasteiger charge is 2.18. The Kier molecular flexibility index (Phi) is 5.46. The number of nitrogens with one attached hydrogen (secondary N) is 2. The molecule has 0 aliphatic rings. The second-order valence-corrected chi connectivity index (χ2v) is 7.90. The summed E-state index contributed by atoms with van der Waals surface area (Å²) in [5.41, 5.74) is 2.86. The number of furan rings is 1. The molecule has 29 heavy (non-hydrogen) atoms. The first-order chi connectivity index (χ1) is 13.6. The lowest BCUT2D eigenvalue weighted by Gasteiger charge is -2.20. The molecule has 0 radical (unpaired) electrons. The van der Waals surface area contributed by atoms with Crippen LogP contribution in [-0.4, -0.2) is 16.9 Å². The van der Waals surface area contributed by atoms with Crippen molar-refractivity contribution in [2.45, 2.75) is 33.1 Å². The Balaban J connectivity index is 1.82. The third-order valence-electron chi connectivity index (χ3n) is 4.60. The summed E-state index contributed by atoms with van der Waals surface area (Å²) >= 11 is 0. The van der Waals surface area contributed by atoms with E-state index in [1.54, 1.807) is 42.5 Å². The molecular weight excluding hydrogens is 368 g/mol. The standard InChI is InChI=1S/C23H24N2O4/c1-14-7-8-15(12-17(14)24-22(28)20-6-5-11-29-20)21(27)25-18-13-16(23(2,3)4)9-10-19(18)26/h5-13,26H,1-4H3,(H,24,28)(H,25,27). The molecule has 0 bridgehead atoms. The third-order valence-corrected chi connectivity index (χ3v) is 4.60. The molecular formula is C23H24N2O4. The molecule has 1 heterocycles. The summed E-state index contributed by atoms with van der Waals surface area (Å²) in [5, 5.41) is 15.6. The van der Waals surface area contributed by atoms with Crippen molar-refractivity contribution >= 4 is 23.2 Å². The average Bonchev–Trinajstić information content (AvgIpc) is 3.19.